The summed E-state index contributed by atoms with van der Waals surface area (Å²) in [5.74, 6) is -9.10. The standard InChI is InChI=1S/C66H93N13O12.2C2HF3O2/c1-5-51(67-3)60(82)73-58-46(22-25-49-27-29-53(78(49)65(58)87)62(84)71-56(43-16-10-7-11-17-43)44-18-12-8-13-19-44)40-77-41-48(75-76-77)24-31-55(81)69-32-34-89-36-38-91-39-37-90-35-33-70-64(86)57(45-20-14-9-15-21-45)72-63(85)54-30-28-50-26-23-47(42-80)59(66(88)79(50)54)74-61(83)52(6-2)68-4;2*3-2(4,5)1(6)7/h7-21,41,46-47,49-54,56-59,67-68,80H,5-6,22-40,42H2,1-4H3,(H,69,81)(H,70,86)(H,71,84)(H,72,85)(H,73,82)(H,74,83);2*(H,6,7)/t46-,47-,49+,50+,51+,52+,53?,54+,57+,58+,59+;;/m1../s1. The van der Waals surface area contributed by atoms with Gasteiger partial charge in [0.25, 0.3) is 0 Å². The first kappa shape index (κ1) is 84.8. The summed E-state index contributed by atoms with van der Waals surface area (Å²) in [6, 6.07) is 21.9. The van der Waals surface area contributed by atoms with Crippen LogP contribution >= 0.6 is 0 Å². The third kappa shape index (κ3) is 25.6. The van der Waals surface area contributed by atoms with Gasteiger partial charge < -0.3 is 81.9 Å². The van der Waals surface area contributed by atoms with Crippen molar-refractivity contribution in [3.63, 3.8) is 0 Å². The summed E-state index contributed by atoms with van der Waals surface area (Å²) in [5.41, 5.74) is 3.00. The van der Waals surface area contributed by atoms with Crippen molar-refractivity contribution in [3.8, 4) is 0 Å². The summed E-state index contributed by atoms with van der Waals surface area (Å²) in [4.78, 5) is 132. The number of carbonyl (C=O) groups excluding carboxylic acids is 8. The monoisotopic (exact) mass is 1490 g/mol. The van der Waals surface area contributed by atoms with Crippen LogP contribution in [0.4, 0.5) is 26.3 Å². The predicted octanol–water partition coefficient (Wildman–Crippen LogP) is 3.02. The van der Waals surface area contributed by atoms with Gasteiger partial charge in [-0.05, 0) is 95.0 Å². The number of aromatic nitrogens is 3. The zero-order valence-corrected chi connectivity index (χ0v) is 58.9. The fourth-order valence-electron chi connectivity index (χ4n) is 13.0. The topological polar surface area (TPSA) is 393 Å². The van der Waals surface area contributed by atoms with Crippen molar-refractivity contribution < 1.29 is 104 Å². The van der Waals surface area contributed by atoms with Gasteiger partial charge in [-0.15, -0.1) is 5.10 Å². The first-order chi connectivity index (χ1) is 50.1. The number of halogens is 6. The summed E-state index contributed by atoms with van der Waals surface area (Å²) in [5, 5.41) is 57.0. The molecule has 0 bridgehead atoms. The number of aliphatic hydroxyl groups is 1. The number of nitrogens with zero attached hydrogens (tertiary/aromatic N) is 5. The number of nitrogens with one attached hydrogen (secondary N) is 8. The summed E-state index contributed by atoms with van der Waals surface area (Å²) < 4.78 is 82.1. The Kier molecular flexibility index (Phi) is 34.0. The molecule has 1 aromatic heterocycles. The second kappa shape index (κ2) is 42.1. The maximum absolute atomic E-state index is 14.9. The molecule has 1 unspecified atom stereocenters. The lowest BCUT2D eigenvalue weighted by atomic mass is 9.92. The lowest BCUT2D eigenvalue weighted by Gasteiger charge is -2.33. The maximum atomic E-state index is 14.9. The van der Waals surface area contributed by atoms with Crippen molar-refractivity contribution in [2.75, 3.05) is 73.4 Å². The number of aryl methyl sites for hydroxylation is 1. The van der Waals surface area contributed by atoms with Gasteiger partial charge in [-0.2, -0.15) is 26.3 Å². The molecule has 0 spiro atoms. The number of rotatable bonds is 34. The van der Waals surface area contributed by atoms with E-state index in [2.05, 4.69) is 52.8 Å². The molecule has 578 valence electrons. The molecule has 8 amide bonds. The van der Waals surface area contributed by atoms with E-state index < -0.39 is 96.3 Å². The molecule has 11 N–H and O–H groups in total. The van der Waals surface area contributed by atoms with Crippen molar-refractivity contribution >= 4 is 59.2 Å². The Balaban J connectivity index is 0.00000112. The fraction of sp³-hybridized carbons (Fsp3) is 0.571. The van der Waals surface area contributed by atoms with Gasteiger partial charge in [0.05, 0.1) is 63.5 Å². The van der Waals surface area contributed by atoms with Crippen molar-refractivity contribution in [2.24, 2.45) is 11.8 Å². The molecule has 4 aliphatic rings. The molecule has 0 radical (unpaired) electrons. The zero-order valence-electron chi connectivity index (χ0n) is 58.9. The van der Waals surface area contributed by atoms with E-state index in [0.29, 0.717) is 88.5 Å². The summed E-state index contributed by atoms with van der Waals surface area (Å²) in [6.45, 7) is 5.72. The minimum atomic E-state index is -5.08. The first-order valence-electron chi connectivity index (χ1n) is 34.9. The number of aliphatic hydroxyl groups excluding tert-OH is 1. The van der Waals surface area contributed by atoms with Gasteiger partial charge >= 0.3 is 24.3 Å². The molecule has 29 nitrogen and oxygen atoms in total. The molecule has 4 fully saturated rings. The number of fused-ring (bicyclic) bond motifs is 2. The number of carboxylic acid groups (broad SMARTS) is 2. The Morgan fingerprint density at radius 1 is 0.552 bits per heavy atom. The summed E-state index contributed by atoms with van der Waals surface area (Å²) in [7, 11) is 3.37. The number of carboxylic acids is 2. The van der Waals surface area contributed by atoms with Gasteiger partial charge in [-0.1, -0.05) is 110 Å². The SMILES string of the molecule is CC[C@H](NC)C(=O)N[C@@H]1C(=O)N2C(C(=O)NC(c3ccccc3)c3ccccc3)CC[C@@H]2CC[C@@H]1Cn1cc(CCC(=O)NCCOCCOCCOCCNC(=O)[C@@H](NC(=O)[C@@H]2CC[C@@H]3CC[C@H](CO)[C@H](NC(=O)[C@H](CC)NC)C(=O)N32)c2ccccc2)nn1.O=C(O)C(F)(F)F.O=C(O)C(F)(F)F. The van der Waals surface area contributed by atoms with E-state index in [1.807, 2.05) is 74.5 Å². The van der Waals surface area contributed by atoms with Crippen LogP contribution in [0.25, 0.3) is 0 Å². The largest absolute Gasteiger partial charge is 0.490 e. The Bertz CT molecular complexity index is 3390. The van der Waals surface area contributed by atoms with Crippen LogP contribution in [0, 0.1) is 11.8 Å². The number of likely N-dealkylation sites (N-methyl/N-ethyl adjacent to an activating group) is 2. The molecular weight excluding hydrogens is 1390 g/mol. The van der Waals surface area contributed by atoms with Crippen LogP contribution in [0.1, 0.15) is 119 Å². The van der Waals surface area contributed by atoms with Crippen LogP contribution in [0.15, 0.2) is 97.2 Å². The van der Waals surface area contributed by atoms with Gasteiger partial charge in [0.15, 0.2) is 0 Å². The predicted molar refractivity (Wildman–Crippen MR) is 364 cm³/mol. The number of ether oxygens (including phenoxy) is 3. The average Bonchev–Trinajstić information content (AvgIpc) is 1.65. The van der Waals surface area contributed by atoms with Crippen LogP contribution in [0.5, 0.6) is 0 Å². The van der Waals surface area contributed by atoms with E-state index in [0.717, 1.165) is 11.1 Å². The van der Waals surface area contributed by atoms with E-state index in [-0.39, 0.29) is 113 Å². The molecule has 4 aromatic rings. The highest BCUT2D eigenvalue weighted by Gasteiger charge is 2.50. The summed E-state index contributed by atoms with van der Waals surface area (Å²) in [6.07, 6.45) is -2.47. The number of amides is 8. The van der Waals surface area contributed by atoms with E-state index in [4.69, 9.17) is 34.0 Å². The molecule has 105 heavy (non-hydrogen) atoms. The van der Waals surface area contributed by atoms with E-state index in [1.54, 1.807) is 65.1 Å². The Morgan fingerprint density at radius 3 is 1.40 bits per heavy atom. The van der Waals surface area contributed by atoms with E-state index in [9.17, 15) is 69.8 Å². The zero-order chi connectivity index (χ0) is 76.8. The number of benzene rings is 3. The van der Waals surface area contributed by atoms with Crippen molar-refractivity contribution in [3.05, 3.63) is 120 Å². The van der Waals surface area contributed by atoms with Crippen LogP contribution < -0.4 is 42.5 Å². The lowest BCUT2D eigenvalue weighted by molar-refractivity contribution is -0.193. The molecule has 4 aliphatic heterocycles. The average molecular weight is 1490 g/mol. The van der Waals surface area contributed by atoms with Gasteiger partial charge in [-0.25, -0.2) is 9.59 Å². The van der Waals surface area contributed by atoms with E-state index >= 15 is 0 Å². The molecule has 11 atom stereocenters. The molecule has 35 heteroatoms. The first-order valence-corrected chi connectivity index (χ1v) is 34.9. The Morgan fingerprint density at radius 2 is 0.962 bits per heavy atom. The number of hydrogen-bond donors (Lipinski definition) is 11. The lowest BCUT2D eigenvalue weighted by Crippen LogP contribution is -2.59. The van der Waals surface area contributed by atoms with Crippen LogP contribution in [0.2, 0.25) is 0 Å². The molecule has 8 rings (SSSR count). The molecule has 3 aromatic carbocycles. The highest BCUT2D eigenvalue weighted by Crippen LogP contribution is 2.37. The second-order valence-corrected chi connectivity index (χ2v) is 25.4. The minimum absolute atomic E-state index is 0.152. The van der Waals surface area contributed by atoms with Crippen LogP contribution in [-0.2, 0) is 75.1 Å². The summed E-state index contributed by atoms with van der Waals surface area (Å²) >= 11 is 0. The van der Waals surface area contributed by atoms with Gasteiger partial charge in [0.2, 0.25) is 47.3 Å². The van der Waals surface area contributed by atoms with Crippen LogP contribution in [-0.4, -0.2) is 233 Å². The molecule has 4 saturated heterocycles. The second-order valence-electron chi connectivity index (χ2n) is 25.4. The third-order valence-corrected chi connectivity index (χ3v) is 18.5. The molecule has 0 aliphatic carbocycles. The Labute approximate surface area is 603 Å². The van der Waals surface area contributed by atoms with Crippen molar-refractivity contribution in [1.82, 2.24) is 67.3 Å². The number of alkyl halides is 6. The number of carbonyl (C=O) groups is 10. The minimum Gasteiger partial charge on any atom is -0.475 e. The molecular formula is C70H95F6N13O16. The number of aliphatic carboxylic acids is 2. The highest BCUT2D eigenvalue weighted by atomic mass is 19.4. The van der Waals surface area contributed by atoms with Gasteiger partial charge in [-0.3, -0.25) is 43.0 Å². The molecule has 5 heterocycles. The highest BCUT2D eigenvalue weighted by molar-refractivity contribution is 5.97. The van der Waals surface area contributed by atoms with Crippen molar-refractivity contribution in [2.45, 2.75) is 170 Å². The Hall–Kier alpha value is -9.16. The van der Waals surface area contributed by atoms with Crippen LogP contribution in [0.3, 0.4) is 0 Å². The quantitative estimate of drug-likeness (QED) is 0.0236. The van der Waals surface area contributed by atoms with Gasteiger partial charge in [0, 0.05) is 69.2 Å². The maximum Gasteiger partial charge on any atom is 0.490 e. The normalized spacial score (nSPS) is 20.9. The smallest absolute Gasteiger partial charge is 0.475 e. The van der Waals surface area contributed by atoms with Gasteiger partial charge in [0.1, 0.15) is 30.2 Å². The molecule has 0 saturated carbocycles. The fourth-order valence-corrected chi connectivity index (χ4v) is 13.0. The van der Waals surface area contributed by atoms with Crippen molar-refractivity contribution in [1.29, 1.82) is 0 Å². The van der Waals surface area contributed by atoms with E-state index in [1.165, 1.54) is 0 Å². The number of hydrogen-bond acceptors (Lipinski definition) is 18. The third-order valence-electron chi connectivity index (χ3n) is 18.5.